The van der Waals surface area contributed by atoms with Gasteiger partial charge in [-0.25, -0.2) is 4.98 Å². The fourth-order valence-electron chi connectivity index (χ4n) is 2.19. The minimum absolute atomic E-state index is 0.421. The Morgan fingerprint density at radius 2 is 2.06 bits per heavy atom. The van der Waals surface area contributed by atoms with E-state index in [4.69, 9.17) is 15.2 Å². The minimum Gasteiger partial charge on any atom is -0.486 e. The second-order valence-electron chi connectivity index (χ2n) is 4.21. The molecule has 0 aliphatic carbocycles. The summed E-state index contributed by atoms with van der Waals surface area (Å²) >= 11 is 0. The fraction of sp³-hybridized carbons (Fsp3) is 0.308. The smallest absolute Gasteiger partial charge is 0.162 e. The topological polar surface area (TPSA) is 62.3 Å². The van der Waals surface area contributed by atoms with Crippen LogP contribution in [-0.4, -0.2) is 22.8 Å². The molecule has 0 spiro atoms. The summed E-state index contributed by atoms with van der Waals surface area (Å²) in [6.07, 6.45) is 1.77. The highest BCUT2D eigenvalue weighted by molar-refractivity contribution is 5.66. The molecule has 2 aromatic rings. The summed E-state index contributed by atoms with van der Waals surface area (Å²) < 4.78 is 13.1. The number of aryl methyl sites for hydroxylation is 1. The highest BCUT2D eigenvalue weighted by Crippen LogP contribution is 2.35. The summed E-state index contributed by atoms with van der Waals surface area (Å²) in [7, 11) is 1.96. The minimum atomic E-state index is 0.421. The second-order valence-corrected chi connectivity index (χ2v) is 4.21. The van der Waals surface area contributed by atoms with E-state index >= 15 is 0 Å². The van der Waals surface area contributed by atoms with E-state index in [1.54, 1.807) is 6.33 Å². The van der Waals surface area contributed by atoms with Crippen LogP contribution in [0.25, 0.3) is 11.3 Å². The number of hydrogen-bond donors (Lipinski definition) is 1. The maximum Gasteiger partial charge on any atom is 0.162 e. The molecule has 1 aromatic heterocycles. The van der Waals surface area contributed by atoms with Gasteiger partial charge in [-0.2, -0.15) is 0 Å². The van der Waals surface area contributed by atoms with Crippen LogP contribution < -0.4 is 15.2 Å². The van der Waals surface area contributed by atoms with E-state index in [1.807, 2.05) is 29.8 Å². The molecule has 2 N–H and O–H groups in total. The number of hydrogen-bond acceptors (Lipinski definition) is 4. The van der Waals surface area contributed by atoms with Crippen LogP contribution in [-0.2, 0) is 13.6 Å². The van der Waals surface area contributed by atoms with Crippen molar-refractivity contribution in [3.8, 4) is 22.8 Å². The Morgan fingerprint density at radius 1 is 1.28 bits per heavy atom. The predicted molar refractivity (Wildman–Crippen MR) is 67.5 cm³/mol. The average molecular weight is 245 g/mol. The first kappa shape index (κ1) is 11.1. The largest absolute Gasteiger partial charge is 0.486 e. The molecule has 5 heteroatoms. The van der Waals surface area contributed by atoms with Crippen LogP contribution in [0.1, 0.15) is 5.69 Å². The number of nitrogens with zero attached hydrogens (tertiary/aromatic N) is 2. The number of fused-ring (bicyclic) bond motifs is 1. The second kappa shape index (κ2) is 4.34. The molecule has 0 amide bonds. The van der Waals surface area contributed by atoms with Gasteiger partial charge in [0.2, 0.25) is 0 Å². The molecule has 1 aromatic carbocycles. The highest BCUT2D eigenvalue weighted by atomic mass is 16.6. The van der Waals surface area contributed by atoms with Crippen LogP contribution in [0.2, 0.25) is 0 Å². The van der Waals surface area contributed by atoms with E-state index in [9.17, 15) is 0 Å². The Kier molecular flexibility index (Phi) is 2.68. The summed E-state index contributed by atoms with van der Waals surface area (Å²) in [6, 6.07) is 5.91. The first-order chi connectivity index (χ1) is 8.79. The molecule has 1 aliphatic rings. The van der Waals surface area contributed by atoms with E-state index in [0.717, 1.165) is 28.5 Å². The summed E-state index contributed by atoms with van der Waals surface area (Å²) in [4.78, 5) is 4.29. The lowest BCUT2D eigenvalue weighted by Crippen LogP contribution is -2.15. The Hall–Kier alpha value is -2.01. The normalized spacial score (nSPS) is 13.7. The van der Waals surface area contributed by atoms with Gasteiger partial charge in [-0.3, -0.25) is 0 Å². The van der Waals surface area contributed by atoms with E-state index in [2.05, 4.69) is 4.98 Å². The molecule has 18 heavy (non-hydrogen) atoms. The Labute approximate surface area is 105 Å². The van der Waals surface area contributed by atoms with Crippen LogP contribution in [0.3, 0.4) is 0 Å². The monoisotopic (exact) mass is 245 g/mol. The molecule has 94 valence electrons. The molecular weight excluding hydrogens is 230 g/mol. The maximum absolute atomic E-state index is 5.71. The number of aromatic nitrogens is 2. The maximum atomic E-state index is 5.71. The average Bonchev–Trinajstić information content (AvgIpc) is 2.79. The molecule has 1 aliphatic heterocycles. The van der Waals surface area contributed by atoms with E-state index < -0.39 is 0 Å². The molecule has 0 unspecified atom stereocenters. The van der Waals surface area contributed by atoms with Crippen molar-refractivity contribution in [2.75, 3.05) is 13.2 Å². The first-order valence-corrected chi connectivity index (χ1v) is 5.90. The zero-order valence-corrected chi connectivity index (χ0v) is 10.2. The van der Waals surface area contributed by atoms with Crippen LogP contribution in [0.5, 0.6) is 11.5 Å². The third-order valence-corrected chi connectivity index (χ3v) is 3.02. The Balaban J connectivity index is 2.09. The van der Waals surface area contributed by atoms with E-state index in [1.165, 1.54) is 0 Å². The molecule has 5 nitrogen and oxygen atoms in total. The Morgan fingerprint density at radius 3 is 2.83 bits per heavy atom. The third kappa shape index (κ3) is 1.73. The number of rotatable bonds is 2. The first-order valence-electron chi connectivity index (χ1n) is 5.90. The van der Waals surface area contributed by atoms with Gasteiger partial charge in [0.25, 0.3) is 0 Å². The van der Waals surface area contributed by atoms with Gasteiger partial charge < -0.3 is 19.8 Å². The highest BCUT2D eigenvalue weighted by Gasteiger charge is 2.15. The van der Waals surface area contributed by atoms with Gasteiger partial charge in [0, 0.05) is 19.2 Å². The number of ether oxygens (including phenoxy) is 2. The van der Waals surface area contributed by atoms with Crippen LogP contribution >= 0.6 is 0 Å². The van der Waals surface area contributed by atoms with Crippen LogP contribution in [0.15, 0.2) is 24.5 Å². The van der Waals surface area contributed by atoms with Crippen molar-refractivity contribution in [2.45, 2.75) is 6.54 Å². The van der Waals surface area contributed by atoms with Crippen molar-refractivity contribution in [1.29, 1.82) is 0 Å². The molecule has 2 heterocycles. The lowest BCUT2D eigenvalue weighted by atomic mass is 10.1. The summed E-state index contributed by atoms with van der Waals surface area (Å²) in [5.41, 5.74) is 8.65. The van der Waals surface area contributed by atoms with Crippen molar-refractivity contribution in [2.24, 2.45) is 12.8 Å². The van der Waals surface area contributed by atoms with Gasteiger partial charge in [0.1, 0.15) is 13.2 Å². The van der Waals surface area contributed by atoms with Gasteiger partial charge in [0.15, 0.2) is 11.5 Å². The molecule has 0 saturated carbocycles. The van der Waals surface area contributed by atoms with Crippen LogP contribution in [0.4, 0.5) is 0 Å². The third-order valence-electron chi connectivity index (χ3n) is 3.02. The SMILES string of the molecule is Cn1cnc(CN)c1-c1ccc2c(c1)OCCO2. The molecule has 0 saturated heterocycles. The lowest BCUT2D eigenvalue weighted by molar-refractivity contribution is 0.171. The summed E-state index contributed by atoms with van der Waals surface area (Å²) in [5, 5.41) is 0. The number of nitrogens with two attached hydrogens (primary N) is 1. The van der Waals surface area contributed by atoms with Gasteiger partial charge in [0.05, 0.1) is 17.7 Å². The van der Waals surface area contributed by atoms with E-state index in [0.29, 0.717) is 19.8 Å². The lowest BCUT2D eigenvalue weighted by Gasteiger charge is -2.19. The zero-order chi connectivity index (χ0) is 12.5. The van der Waals surface area contributed by atoms with Crippen molar-refractivity contribution < 1.29 is 9.47 Å². The fourth-order valence-corrected chi connectivity index (χ4v) is 2.19. The molecule has 0 radical (unpaired) electrons. The van der Waals surface area contributed by atoms with Crippen LogP contribution in [0, 0.1) is 0 Å². The van der Waals surface area contributed by atoms with Crippen molar-refractivity contribution in [3.05, 3.63) is 30.2 Å². The van der Waals surface area contributed by atoms with E-state index in [-0.39, 0.29) is 0 Å². The van der Waals surface area contributed by atoms with Crippen molar-refractivity contribution in [3.63, 3.8) is 0 Å². The van der Waals surface area contributed by atoms with Crippen molar-refractivity contribution in [1.82, 2.24) is 9.55 Å². The van der Waals surface area contributed by atoms with Gasteiger partial charge in [-0.05, 0) is 18.2 Å². The summed E-state index contributed by atoms with van der Waals surface area (Å²) in [6.45, 7) is 1.61. The molecule has 0 atom stereocenters. The van der Waals surface area contributed by atoms with Crippen molar-refractivity contribution >= 4 is 0 Å². The molecule has 3 rings (SSSR count). The molecule has 0 fully saturated rings. The molecular formula is C13H15N3O2. The van der Waals surface area contributed by atoms with Gasteiger partial charge >= 0.3 is 0 Å². The number of imidazole rings is 1. The number of benzene rings is 1. The zero-order valence-electron chi connectivity index (χ0n) is 10.2. The molecule has 0 bridgehead atoms. The standard InChI is InChI=1S/C13H15N3O2/c1-16-8-15-10(7-14)13(16)9-2-3-11-12(6-9)18-5-4-17-11/h2-3,6,8H,4-5,7,14H2,1H3. The van der Waals surface area contributed by atoms with Gasteiger partial charge in [-0.15, -0.1) is 0 Å². The van der Waals surface area contributed by atoms with Gasteiger partial charge in [-0.1, -0.05) is 0 Å². The predicted octanol–water partition coefficient (Wildman–Crippen LogP) is 1.32. The quantitative estimate of drug-likeness (QED) is 0.866. The summed E-state index contributed by atoms with van der Waals surface area (Å²) in [5.74, 6) is 1.57. The Bertz CT molecular complexity index is 578.